The first-order chi connectivity index (χ1) is 7.61. The molecule has 1 amide bonds. The number of carbonyl (C=O) groups is 1. The third-order valence-electron chi connectivity index (χ3n) is 2.36. The molecule has 0 aromatic heterocycles. The molecule has 1 aliphatic heterocycles. The van der Waals surface area contributed by atoms with Gasteiger partial charge in [0.25, 0.3) is 11.6 Å². The summed E-state index contributed by atoms with van der Waals surface area (Å²) in [7, 11) is 0. The van der Waals surface area contributed by atoms with Crippen molar-refractivity contribution in [3.05, 3.63) is 28.3 Å². The molecule has 0 bridgehead atoms. The minimum absolute atomic E-state index is 0.0717. The van der Waals surface area contributed by atoms with Crippen LogP contribution in [0.1, 0.15) is 13.3 Å². The molecular formula is C10H10N2O4. The Morgan fingerprint density at radius 1 is 1.56 bits per heavy atom. The number of nitrogens with zero attached hydrogens (tertiary/aromatic N) is 1. The van der Waals surface area contributed by atoms with Crippen molar-refractivity contribution in [2.45, 2.75) is 19.4 Å². The quantitative estimate of drug-likeness (QED) is 0.610. The molecule has 1 aromatic rings. The Balaban J connectivity index is 2.36. The third-order valence-corrected chi connectivity index (χ3v) is 2.36. The Bertz CT molecular complexity index is 458. The number of anilines is 1. The minimum atomic E-state index is -0.519. The summed E-state index contributed by atoms with van der Waals surface area (Å²) in [5, 5.41) is 13.1. The number of nitro benzene ring substituents is 1. The van der Waals surface area contributed by atoms with E-state index in [1.54, 1.807) is 0 Å². The van der Waals surface area contributed by atoms with Gasteiger partial charge in [-0.3, -0.25) is 14.9 Å². The zero-order valence-electron chi connectivity index (χ0n) is 8.60. The lowest BCUT2D eigenvalue weighted by Crippen LogP contribution is -2.36. The van der Waals surface area contributed by atoms with Crippen LogP contribution < -0.4 is 10.1 Å². The van der Waals surface area contributed by atoms with Crippen molar-refractivity contribution < 1.29 is 14.5 Å². The van der Waals surface area contributed by atoms with Crippen LogP contribution in [0.2, 0.25) is 0 Å². The van der Waals surface area contributed by atoms with E-state index in [1.165, 1.54) is 18.2 Å². The van der Waals surface area contributed by atoms with E-state index in [2.05, 4.69) is 5.32 Å². The predicted molar refractivity (Wildman–Crippen MR) is 56.4 cm³/mol. The molecule has 1 N–H and O–H groups in total. The van der Waals surface area contributed by atoms with E-state index in [4.69, 9.17) is 4.74 Å². The normalized spacial score (nSPS) is 18.3. The van der Waals surface area contributed by atoms with Crippen LogP contribution in [0.15, 0.2) is 18.2 Å². The standard InChI is InChI=1S/C10H10N2O4/c1-2-8-10(13)11-7-5-6(12(14)15)3-4-9(7)16-8/h3-5,8H,2H2,1H3,(H,11,13)/t8-/m0/s1. The van der Waals surface area contributed by atoms with E-state index < -0.39 is 11.0 Å². The van der Waals surface area contributed by atoms with Gasteiger partial charge < -0.3 is 10.1 Å². The molecule has 0 saturated heterocycles. The summed E-state index contributed by atoms with van der Waals surface area (Å²) in [5.74, 6) is 0.201. The third kappa shape index (κ3) is 1.69. The number of ether oxygens (including phenoxy) is 1. The summed E-state index contributed by atoms with van der Waals surface area (Å²) < 4.78 is 5.39. The fourth-order valence-corrected chi connectivity index (χ4v) is 1.52. The van der Waals surface area contributed by atoms with Crippen molar-refractivity contribution in [1.29, 1.82) is 0 Å². The average molecular weight is 222 g/mol. The van der Waals surface area contributed by atoms with Crippen LogP contribution in [-0.4, -0.2) is 16.9 Å². The van der Waals surface area contributed by atoms with Gasteiger partial charge in [0.1, 0.15) is 5.75 Å². The van der Waals surface area contributed by atoms with Crippen molar-refractivity contribution in [3.63, 3.8) is 0 Å². The first-order valence-corrected chi connectivity index (χ1v) is 4.87. The van der Waals surface area contributed by atoms with E-state index in [9.17, 15) is 14.9 Å². The molecule has 0 fully saturated rings. The maximum Gasteiger partial charge on any atom is 0.271 e. The van der Waals surface area contributed by atoms with Gasteiger partial charge in [0.05, 0.1) is 10.6 Å². The number of non-ortho nitro benzene ring substituents is 1. The van der Waals surface area contributed by atoms with E-state index in [-0.39, 0.29) is 11.6 Å². The lowest BCUT2D eigenvalue weighted by molar-refractivity contribution is -0.384. The molecule has 16 heavy (non-hydrogen) atoms. The fourth-order valence-electron chi connectivity index (χ4n) is 1.52. The molecule has 0 aliphatic carbocycles. The Morgan fingerprint density at radius 3 is 2.94 bits per heavy atom. The highest BCUT2D eigenvalue weighted by Crippen LogP contribution is 2.33. The molecule has 6 heteroatoms. The molecular weight excluding hydrogens is 212 g/mol. The number of hydrogen-bond acceptors (Lipinski definition) is 4. The van der Waals surface area contributed by atoms with E-state index >= 15 is 0 Å². The number of fused-ring (bicyclic) bond motifs is 1. The van der Waals surface area contributed by atoms with Crippen molar-refractivity contribution in [2.24, 2.45) is 0 Å². The van der Waals surface area contributed by atoms with Gasteiger partial charge in [-0.05, 0) is 12.5 Å². The first-order valence-electron chi connectivity index (χ1n) is 4.87. The molecule has 1 atom stereocenters. The lowest BCUT2D eigenvalue weighted by atomic mass is 10.1. The van der Waals surface area contributed by atoms with Crippen LogP contribution in [0.25, 0.3) is 0 Å². The Labute approximate surface area is 91.4 Å². The number of amides is 1. The number of hydrogen-bond donors (Lipinski definition) is 1. The smallest absolute Gasteiger partial charge is 0.271 e. The highest BCUT2D eigenvalue weighted by atomic mass is 16.6. The SMILES string of the molecule is CC[C@@H]1Oc2ccc([N+](=O)[O-])cc2NC1=O. The number of nitrogens with one attached hydrogen (secondary N) is 1. The summed E-state index contributed by atoms with van der Waals surface area (Å²) in [6.07, 6.45) is 0.0383. The molecule has 84 valence electrons. The summed E-state index contributed by atoms with van der Waals surface area (Å²) >= 11 is 0. The number of nitro groups is 1. The Hall–Kier alpha value is -2.11. The maximum absolute atomic E-state index is 11.5. The largest absolute Gasteiger partial charge is 0.478 e. The van der Waals surface area contributed by atoms with Crippen LogP contribution in [0, 0.1) is 10.1 Å². The second-order valence-electron chi connectivity index (χ2n) is 3.44. The van der Waals surface area contributed by atoms with Crippen molar-refractivity contribution in [2.75, 3.05) is 5.32 Å². The van der Waals surface area contributed by atoms with Gasteiger partial charge in [-0.2, -0.15) is 0 Å². The lowest BCUT2D eigenvalue weighted by Gasteiger charge is -2.24. The molecule has 2 rings (SSSR count). The number of benzene rings is 1. The summed E-state index contributed by atoms with van der Waals surface area (Å²) in [6.45, 7) is 1.83. The molecule has 0 unspecified atom stereocenters. The van der Waals surface area contributed by atoms with Gasteiger partial charge in [-0.15, -0.1) is 0 Å². The minimum Gasteiger partial charge on any atom is -0.478 e. The van der Waals surface area contributed by atoms with Gasteiger partial charge in [0.15, 0.2) is 6.10 Å². The van der Waals surface area contributed by atoms with Crippen LogP contribution in [-0.2, 0) is 4.79 Å². The summed E-state index contributed by atoms with van der Waals surface area (Å²) in [6, 6.07) is 4.14. The summed E-state index contributed by atoms with van der Waals surface area (Å²) in [4.78, 5) is 21.5. The molecule has 1 aromatic carbocycles. The molecule has 0 spiro atoms. The molecule has 0 saturated carbocycles. The molecule has 0 radical (unpaired) electrons. The first kappa shape index (κ1) is 10.4. The number of carbonyl (C=O) groups excluding carboxylic acids is 1. The van der Waals surface area contributed by atoms with Gasteiger partial charge in [0.2, 0.25) is 0 Å². The van der Waals surface area contributed by atoms with Crippen LogP contribution >= 0.6 is 0 Å². The van der Waals surface area contributed by atoms with Crippen molar-refractivity contribution in [3.8, 4) is 5.75 Å². The second kappa shape index (κ2) is 3.80. The fraction of sp³-hybridized carbons (Fsp3) is 0.300. The van der Waals surface area contributed by atoms with Gasteiger partial charge in [-0.1, -0.05) is 6.92 Å². The Kier molecular flexibility index (Phi) is 2.47. The van der Waals surface area contributed by atoms with Crippen molar-refractivity contribution >= 4 is 17.3 Å². The maximum atomic E-state index is 11.5. The molecule has 6 nitrogen and oxygen atoms in total. The van der Waals surface area contributed by atoms with Gasteiger partial charge in [-0.25, -0.2) is 0 Å². The second-order valence-corrected chi connectivity index (χ2v) is 3.44. The van der Waals surface area contributed by atoms with Crippen LogP contribution in [0.5, 0.6) is 5.75 Å². The van der Waals surface area contributed by atoms with Gasteiger partial charge in [0, 0.05) is 12.1 Å². The zero-order chi connectivity index (χ0) is 11.7. The monoisotopic (exact) mass is 222 g/mol. The number of rotatable bonds is 2. The average Bonchev–Trinajstić information content (AvgIpc) is 2.27. The highest BCUT2D eigenvalue weighted by molar-refractivity contribution is 5.98. The predicted octanol–water partition coefficient (Wildman–Crippen LogP) is 1.70. The zero-order valence-corrected chi connectivity index (χ0v) is 8.60. The van der Waals surface area contributed by atoms with Gasteiger partial charge >= 0.3 is 0 Å². The van der Waals surface area contributed by atoms with Crippen molar-refractivity contribution in [1.82, 2.24) is 0 Å². The topological polar surface area (TPSA) is 81.5 Å². The van der Waals surface area contributed by atoms with E-state index in [1.807, 2.05) is 6.92 Å². The van der Waals surface area contributed by atoms with E-state index in [0.29, 0.717) is 17.9 Å². The molecule has 1 aliphatic rings. The highest BCUT2D eigenvalue weighted by Gasteiger charge is 2.27. The van der Waals surface area contributed by atoms with Crippen LogP contribution in [0.4, 0.5) is 11.4 Å². The Morgan fingerprint density at radius 2 is 2.31 bits per heavy atom. The summed E-state index contributed by atoms with van der Waals surface area (Å²) in [5.41, 5.74) is 0.279. The van der Waals surface area contributed by atoms with Crippen LogP contribution in [0.3, 0.4) is 0 Å². The van der Waals surface area contributed by atoms with E-state index in [0.717, 1.165) is 0 Å². The molecule has 1 heterocycles.